The molecule has 1 nitrogen and oxygen atoms in total. The summed E-state index contributed by atoms with van der Waals surface area (Å²) in [5.74, 6) is 0. The molecule has 0 unspecified atom stereocenters. The molecule has 1 aromatic carbocycles. The Kier molecular flexibility index (Phi) is 3.51. The van der Waals surface area contributed by atoms with E-state index < -0.39 is 0 Å². The van der Waals surface area contributed by atoms with Crippen molar-refractivity contribution < 1.29 is 0 Å². The molecule has 0 saturated carbocycles. The van der Waals surface area contributed by atoms with Gasteiger partial charge in [-0.2, -0.15) is 0 Å². The normalized spacial score (nSPS) is 26.3. The first-order valence-electron chi connectivity index (χ1n) is 7.36. The van der Waals surface area contributed by atoms with Crippen molar-refractivity contribution in [2.75, 3.05) is 6.54 Å². The minimum absolute atomic E-state index is 0.554. The molecule has 1 aliphatic heterocycles. The van der Waals surface area contributed by atoms with Gasteiger partial charge in [-0.25, -0.2) is 0 Å². The van der Waals surface area contributed by atoms with E-state index in [1.807, 2.05) is 0 Å². The van der Waals surface area contributed by atoms with E-state index in [1.165, 1.54) is 44.2 Å². The van der Waals surface area contributed by atoms with Crippen molar-refractivity contribution >= 4 is 0 Å². The molecule has 0 aromatic heterocycles. The summed E-state index contributed by atoms with van der Waals surface area (Å²) < 4.78 is 0. The second kappa shape index (κ2) is 5.27. The van der Waals surface area contributed by atoms with Crippen LogP contribution in [0.2, 0.25) is 0 Å². The Labute approximate surface area is 111 Å². The van der Waals surface area contributed by atoms with Gasteiger partial charge in [-0.05, 0) is 51.1 Å². The van der Waals surface area contributed by atoms with Crippen molar-refractivity contribution in [2.45, 2.75) is 51.1 Å². The molecule has 18 heavy (non-hydrogen) atoms. The molecule has 96 valence electrons. The van der Waals surface area contributed by atoms with Crippen LogP contribution in [-0.2, 0) is 0 Å². The number of hydrogen-bond donors (Lipinski definition) is 0. The molecule has 1 heterocycles. The molecular weight excluding hydrogens is 218 g/mol. The molecule has 0 amide bonds. The van der Waals surface area contributed by atoms with Crippen LogP contribution >= 0.6 is 0 Å². The SMILES string of the molecule is C[C@H](c1ccccc1)N1CCCC2=CCCC[C@H]21. The average Bonchev–Trinajstić information content (AvgIpc) is 2.47. The van der Waals surface area contributed by atoms with Crippen LogP contribution in [0.3, 0.4) is 0 Å². The van der Waals surface area contributed by atoms with Gasteiger partial charge in [-0.3, -0.25) is 4.90 Å². The van der Waals surface area contributed by atoms with Crippen LogP contribution < -0.4 is 0 Å². The number of likely N-dealkylation sites (tertiary alicyclic amines) is 1. The smallest absolute Gasteiger partial charge is 0.0325 e. The van der Waals surface area contributed by atoms with E-state index in [9.17, 15) is 0 Å². The number of nitrogens with zero attached hydrogens (tertiary/aromatic N) is 1. The molecule has 1 heteroatoms. The summed E-state index contributed by atoms with van der Waals surface area (Å²) in [6.45, 7) is 3.63. The van der Waals surface area contributed by atoms with E-state index in [-0.39, 0.29) is 0 Å². The van der Waals surface area contributed by atoms with Gasteiger partial charge in [0.05, 0.1) is 0 Å². The zero-order valence-electron chi connectivity index (χ0n) is 11.3. The van der Waals surface area contributed by atoms with Gasteiger partial charge >= 0.3 is 0 Å². The van der Waals surface area contributed by atoms with Crippen molar-refractivity contribution in [3.05, 3.63) is 47.5 Å². The maximum atomic E-state index is 2.73. The molecule has 0 bridgehead atoms. The minimum Gasteiger partial charge on any atom is -0.290 e. The molecule has 2 aliphatic rings. The van der Waals surface area contributed by atoms with E-state index in [4.69, 9.17) is 0 Å². The van der Waals surface area contributed by atoms with Gasteiger partial charge < -0.3 is 0 Å². The Morgan fingerprint density at radius 3 is 2.83 bits per heavy atom. The lowest BCUT2D eigenvalue weighted by molar-refractivity contribution is 0.127. The number of rotatable bonds is 2. The number of allylic oxidation sites excluding steroid dienone is 1. The van der Waals surface area contributed by atoms with Crippen LogP contribution in [0, 0.1) is 0 Å². The Bertz CT molecular complexity index is 420. The molecule has 1 aliphatic carbocycles. The maximum Gasteiger partial charge on any atom is 0.0325 e. The Hall–Kier alpha value is -1.08. The van der Waals surface area contributed by atoms with Gasteiger partial charge in [0.2, 0.25) is 0 Å². The molecule has 0 N–H and O–H groups in total. The third kappa shape index (κ3) is 2.24. The first kappa shape index (κ1) is 12.0. The molecule has 1 fully saturated rings. The molecule has 2 atom stereocenters. The monoisotopic (exact) mass is 241 g/mol. The number of piperidine rings is 1. The second-order valence-electron chi connectivity index (χ2n) is 5.65. The molecule has 1 aromatic rings. The second-order valence-corrected chi connectivity index (χ2v) is 5.65. The fraction of sp³-hybridized carbons (Fsp3) is 0.529. The largest absolute Gasteiger partial charge is 0.290 e. The molecule has 0 spiro atoms. The van der Waals surface area contributed by atoms with Crippen LogP contribution in [-0.4, -0.2) is 17.5 Å². The first-order valence-corrected chi connectivity index (χ1v) is 7.36. The van der Waals surface area contributed by atoms with E-state index in [1.54, 1.807) is 5.57 Å². The van der Waals surface area contributed by atoms with Crippen LogP contribution in [0.25, 0.3) is 0 Å². The number of fused-ring (bicyclic) bond motifs is 1. The lowest BCUT2D eigenvalue weighted by atomic mass is 9.85. The summed E-state index contributed by atoms with van der Waals surface area (Å²) in [4.78, 5) is 2.73. The highest BCUT2D eigenvalue weighted by atomic mass is 15.2. The van der Waals surface area contributed by atoms with Gasteiger partial charge in [0.25, 0.3) is 0 Å². The van der Waals surface area contributed by atoms with E-state index in [0.717, 1.165) is 6.04 Å². The highest BCUT2D eigenvalue weighted by molar-refractivity contribution is 5.22. The predicted molar refractivity (Wildman–Crippen MR) is 76.5 cm³/mol. The van der Waals surface area contributed by atoms with Gasteiger partial charge in [-0.1, -0.05) is 42.0 Å². The van der Waals surface area contributed by atoms with Crippen molar-refractivity contribution in [1.29, 1.82) is 0 Å². The highest BCUT2D eigenvalue weighted by Crippen LogP contribution is 2.36. The summed E-state index contributed by atoms with van der Waals surface area (Å²) in [6, 6.07) is 12.2. The van der Waals surface area contributed by atoms with Crippen molar-refractivity contribution in [2.24, 2.45) is 0 Å². The lowest BCUT2D eigenvalue weighted by Crippen LogP contribution is -2.43. The zero-order chi connectivity index (χ0) is 12.4. The first-order chi connectivity index (χ1) is 8.86. The van der Waals surface area contributed by atoms with Crippen molar-refractivity contribution in [3.8, 4) is 0 Å². The highest BCUT2D eigenvalue weighted by Gasteiger charge is 2.31. The fourth-order valence-electron chi connectivity index (χ4n) is 3.58. The Morgan fingerprint density at radius 2 is 2.00 bits per heavy atom. The van der Waals surface area contributed by atoms with Crippen LogP contribution in [0.15, 0.2) is 42.0 Å². The average molecular weight is 241 g/mol. The molecule has 3 rings (SSSR count). The summed E-state index contributed by atoms with van der Waals surface area (Å²) in [6.07, 6.45) is 9.22. The van der Waals surface area contributed by atoms with Crippen LogP contribution in [0.4, 0.5) is 0 Å². The quantitative estimate of drug-likeness (QED) is 0.697. The summed E-state index contributed by atoms with van der Waals surface area (Å²) >= 11 is 0. The summed E-state index contributed by atoms with van der Waals surface area (Å²) in [5.41, 5.74) is 3.18. The van der Waals surface area contributed by atoms with Gasteiger partial charge in [-0.15, -0.1) is 0 Å². The summed E-state index contributed by atoms with van der Waals surface area (Å²) in [5, 5.41) is 0. The van der Waals surface area contributed by atoms with E-state index in [0.29, 0.717) is 6.04 Å². The Morgan fingerprint density at radius 1 is 1.17 bits per heavy atom. The van der Waals surface area contributed by atoms with Gasteiger partial charge in [0, 0.05) is 12.1 Å². The minimum atomic E-state index is 0.554. The third-order valence-corrected chi connectivity index (χ3v) is 4.58. The topological polar surface area (TPSA) is 3.24 Å². The molecule has 1 saturated heterocycles. The van der Waals surface area contributed by atoms with Crippen LogP contribution in [0.5, 0.6) is 0 Å². The third-order valence-electron chi connectivity index (χ3n) is 4.58. The number of benzene rings is 1. The van der Waals surface area contributed by atoms with Crippen LogP contribution in [0.1, 0.15) is 50.6 Å². The predicted octanol–water partition coefficient (Wildman–Crippen LogP) is 4.32. The Balaban J connectivity index is 1.82. The van der Waals surface area contributed by atoms with Crippen molar-refractivity contribution in [3.63, 3.8) is 0 Å². The fourth-order valence-corrected chi connectivity index (χ4v) is 3.58. The number of hydrogen-bond acceptors (Lipinski definition) is 1. The lowest BCUT2D eigenvalue weighted by Gasteiger charge is -2.43. The summed E-state index contributed by atoms with van der Waals surface area (Å²) in [7, 11) is 0. The molecule has 0 radical (unpaired) electrons. The standard InChI is InChI=1S/C17H23N/c1-14(15-8-3-2-4-9-15)18-13-7-11-16-10-5-6-12-17(16)18/h2-4,8-10,14,17H,5-7,11-13H2,1H3/t14-,17-/m1/s1. The van der Waals surface area contributed by atoms with E-state index >= 15 is 0 Å². The van der Waals surface area contributed by atoms with Gasteiger partial charge in [0.1, 0.15) is 0 Å². The maximum absolute atomic E-state index is 2.73. The van der Waals surface area contributed by atoms with Gasteiger partial charge in [0.15, 0.2) is 0 Å². The molecular formula is C17H23N. The van der Waals surface area contributed by atoms with Crippen molar-refractivity contribution in [1.82, 2.24) is 4.90 Å². The zero-order valence-corrected chi connectivity index (χ0v) is 11.3. The van der Waals surface area contributed by atoms with E-state index in [2.05, 4.69) is 48.2 Å².